The van der Waals surface area contributed by atoms with Gasteiger partial charge < -0.3 is 15.5 Å². The van der Waals surface area contributed by atoms with E-state index in [1.807, 2.05) is 31.2 Å². The number of thioether (sulfide) groups is 1. The highest BCUT2D eigenvalue weighted by atomic mass is 32.2. The Morgan fingerprint density at radius 3 is 2.73 bits per heavy atom. The molecule has 3 N–H and O–H groups in total. The first-order chi connectivity index (χ1) is 10.5. The third-order valence-electron chi connectivity index (χ3n) is 3.47. The Labute approximate surface area is 134 Å². The third-order valence-corrected chi connectivity index (χ3v) is 4.45. The first-order valence-electron chi connectivity index (χ1n) is 7.12. The summed E-state index contributed by atoms with van der Waals surface area (Å²) in [5, 5.41) is 22.1. The molecule has 0 fully saturated rings. The van der Waals surface area contributed by atoms with E-state index in [1.165, 1.54) is 11.8 Å². The number of nitrogens with one attached hydrogen (secondary N) is 1. The molecule has 0 bridgehead atoms. The zero-order valence-electron chi connectivity index (χ0n) is 12.7. The van der Waals surface area contributed by atoms with Gasteiger partial charge in [0.15, 0.2) is 5.17 Å². The Hall–Kier alpha value is -1.79. The van der Waals surface area contributed by atoms with Crippen molar-refractivity contribution in [2.75, 3.05) is 12.4 Å². The molecule has 1 aromatic carbocycles. The molecule has 22 heavy (non-hydrogen) atoms. The summed E-state index contributed by atoms with van der Waals surface area (Å²) in [6, 6.07) is 7.20. The number of aryl methyl sites for hydroxylation is 1. The summed E-state index contributed by atoms with van der Waals surface area (Å²) in [6.07, 6.45) is 0.676. The lowest BCUT2D eigenvalue weighted by atomic mass is 9.93. The standard InChI is InChI=1S/C16H20N2O3S/c1-10-6-3-4-7-12(10)14-13(15(20)21)11(2)17-16(18-14)22-9-5-8-19/h3-4,6-7,14,19H,5,8-9H2,1-2H3,(H,17,18)(H,20,21). The fraction of sp³-hybridized carbons (Fsp3) is 0.375. The number of aliphatic hydroxyl groups is 1. The van der Waals surface area contributed by atoms with Gasteiger partial charge in [-0.05, 0) is 31.4 Å². The van der Waals surface area contributed by atoms with Gasteiger partial charge in [-0.2, -0.15) is 0 Å². The van der Waals surface area contributed by atoms with E-state index >= 15 is 0 Å². The van der Waals surface area contributed by atoms with Gasteiger partial charge in [-0.15, -0.1) is 0 Å². The van der Waals surface area contributed by atoms with Crippen LogP contribution < -0.4 is 5.32 Å². The van der Waals surface area contributed by atoms with E-state index in [9.17, 15) is 9.90 Å². The zero-order chi connectivity index (χ0) is 16.1. The van der Waals surface area contributed by atoms with Gasteiger partial charge in [-0.25, -0.2) is 9.79 Å². The molecule has 0 spiro atoms. The van der Waals surface area contributed by atoms with Gasteiger partial charge in [0.25, 0.3) is 0 Å². The molecule has 1 heterocycles. The molecule has 1 aliphatic rings. The van der Waals surface area contributed by atoms with Crippen LogP contribution in [-0.2, 0) is 4.79 Å². The maximum Gasteiger partial charge on any atom is 0.335 e. The van der Waals surface area contributed by atoms with Crippen LogP contribution in [0.1, 0.15) is 30.5 Å². The summed E-state index contributed by atoms with van der Waals surface area (Å²) >= 11 is 1.50. The van der Waals surface area contributed by atoms with E-state index in [0.29, 0.717) is 17.3 Å². The van der Waals surface area contributed by atoms with Gasteiger partial charge in [-0.1, -0.05) is 36.0 Å². The largest absolute Gasteiger partial charge is 0.478 e. The molecule has 0 saturated carbocycles. The second-order valence-electron chi connectivity index (χ2n) is 5.09. The van der Waals surface area contributed by atoms with Crippen LogP contribution >= 0.6 is 11.8 Å². The molecule has 1 aromatic rings. The number of carbonyl (C=O) groups is 1. The number of benzene rings is 1. The zero-order valence-corrected chi connectivity index (χ0v) is 13.5. The van der Waals surface area contributed by atoms with Crippen LogP contribution in [0.25, 0.3) is 0 Å². The quantitative estimate of drug-likeness (QED) is 0.726. The molecule has 0 saturated heterocycles. The highest BCUT2D eigenvalue weighted by molar-refractivity contribution is 8.13. The SMILES string of the molecule is CC1=C(C(=O)O)C(c2ccccc2C)N=C(SCCCO)N1. The minimum atomic E-state index is -0.957. The molecule has 0 radical (unpaired) electrons. The van der Waals surface area contributed by atoms with Gasteiger partial charge in [-0.3, -0.25) is 0 Å². The average molecular weight is 320 g/mol. The summed E-state index contributed by atoms with van der Waals surface area (Å²) in [5.41, 5.74) is 2.81. The summed E-state index contributed by atoms with van der Waals surface area (Å²) in [6.45, 7) is 3.85. The Morgan fingerprint density at radius 1 is 1.36 bits per heavy atom. The Kier molecular flexibility index (Phi) is 5.63. The van der Waals surface area contributed by atoms with Crippen molar-refractivity contribution in [2.24, 2.45) is 4.99 Å². The third kappa shape index (κ3) is 3.69. The molecule has 5 nitrogen and oxygen atoms in total. The number of hydrogen-bond acceptors (Lipinski definition) is 5. The molecule has 0 aliphatic carbocycles. The maximum absolute atomic E-state index is 11.6. The van der Waals surface area contributed by atoms with Gasteiger partial charge in [0.2, 0.25) is 0 Å². The number of nitrogens with zero attached hydrogens (tertiary/aromatic N) is 1. The van der Waals surface area contributed by atoms with Crippen molar-refractivity contribution in [3.63, 3.8) is 0 Å². The van der Waals surface area contributed by atoms with Crippen LogP contribution in [0.3, 0.4) is 0 Å². The number of amidine groups is 1. The molecule has 1 atom stereocenters. The topological polar surface area (TPSA) is 81.9 Å². The van der Waals surface area contributed by atoms with E-state index < -0.39 is 12.0 Å². The average Bonchev–Trinajstić information content (AvgIpc) is 2.47. The van der Waals surface area contributed by atoms with Crippen LogP contribution in [0.5, 0.6) is 0 Å². The predicted molar refractivity (Wildman–Crippen MR) is 89.0 cm³/mol. The lowest BCUT2D eigenvalue weighted by Gasteiger charge is -2.25. The highest BCUT2D eigenvalue weighted by Gasteiger charge is 2.29. The number of allylic oxidation sites excluding steroid dienone is 1. The minimum absolute atomic E-state index is 0.136. The van der Waals surface area contributed by atoms with Crippen LogP contribution in [0.2, 0.25) is 0 Å². The molecule has 118 valence electrons. The van der Waals surface area contributed by atoms with E-state index in [-0.39, 0.29) is 12.2 Å². The Balaban J connectivity index is 2.36. The minimum Gasteiger partial charge on any atom is -0.478 e. The van der Waals surface area contributed by atoms with E-state index in [1.54, 1.807) is 6.92 Å². The predicted octanol–water partition coefficient (Wildman–Crippen LogP) is 2.47. The van der Waals surface area contributed by atoms with Crippen LogP contribution in [0, 0.1) is 6.92 Å². The van der Waals surface area contributed by atoms with Gasteiger partial charge in [0, 0.05) is 18.1 Å². The van der Waals surface area contributed by atoms with E-state index in [0.717, 1.165) is 16.9 Å². The van der Waals surface area contributed by atoms with Crippen molar-refractivity contribution < 1.29 is 15.0 Å². The second kappa shape index (κ2) is 7.47. The number of carboxylic acid groups (broad SMARTS) is 1. The van der Waals surface area contributed by atoms with Crippen molar-refractivity contribution in [3.05, 3.63) is 46.7 Å². The summed E-state index contributed by atoms with van der Waals surface area (Å²) < 4.78 is 0. The van der Waals surface area contributed by atoms with Crippen molar-refractivity contribution in [3.8, 4) is 0 Å². The molecule has 0 amide bonds. The summed E-state index contributed by atoms with van der Waals surface area (Å²) in [4.78, 5) is 16.2. The number of aliphatic imine (C=N–C) groups is 1. The Morgan fingerprint density at radius 2 is 2.09 bits per heavy atom. The lowest BCUT2D eigenvalue weighted by Crippen LogP contribution is -2.30. The molecule has 1 unspecified atom stereocenters. The van der Waals surface area contributed by atoms with Gasteiger partial charge in [0.1, 0.15) is 6.04 Å². The summed E-state index contributed by atoms with van der Waals surface area (Å²) in [5.74, 6) is -0.222. The van der Waals surface area contributed by atoms with Gasteiger partial charge >= 0.3 is 5.97 Å². The monoisotopic (exact) mass is 320 g/mol. The number of aliphatic hydroxyl groups excluding tert-OH is 1. The van der Waals surface area contributed by atoms with E-state index in [4.69, 9.17) is 5.11 Å². The van der Waals surface area contributed by atoms with Crippen molar-refractivity contribution >= 4 is 22.9 Å². The fourth-order valence-corrected chi connectivity index (χ4v) is 3.22. The van der Waals surface area contributed by atoms with Crippen LogP contribution in [0.4, 0.5) is 0 Å². The van der Waals surface area contributed by atoms with Crippen LogP contribution in [0.15, 0.2) is 40.5 Å². The first kappa shape index (κ1) is 16.6. The number of aliphatic carboxylic acids is 1. The number of hydrogen-bond donors (Lipinski definition) is 3. The van der Waals surface area contributed by atoms with Crippen LogP contribution in [-0.4, -0.2) is 33.7 Å². The fourth-order valence-electron chi connectivity index (χ4n) is 2.35. The van der Waals surface area contributed by atoms with E-state index in [2.05, 4.69) is 10.3 Å². The molecular weight excluding hydrogens is 300 g/mol. The Bertz CT molecular complexity index is 626. The normalized spacial score (nSPS) is 18.0. The van der Waals surface area contributed by atoms with Crippen molar-refractivity contribution in [2.45, 2.75) is 26.3 Å². The molecule has 1 aliphatic heterocycles. The molecule has 2 rings (SSSR count). The lowest BCUT2D eigenvalue weighted by molar-refractivity contribution is -0.133. The summed E-state index contributed by atoms with van der Waals surface area (Å²) in [7, 11) is 0. The second-order valence-corrected chi connectivity index (χ2v) is 6.17. The first-order valence-corrected chi connectivity index (χ1v) is 8.11. The smallest absolute Gasteiger partial charge is 0.335 e. The molecular formula is C16H20N2O3S. The number of rotatable bonds is 5. The highest BCUT2D eigenvalue weighted by Crippen LogP contribution is 2.33. The number of carboxylic acids is 1. The van der Waals surface area contributed by atoms with Crippen molar-refractivity contribution in [1.29, 1.82) is 0 Å². The van der Waals surface area contributed by atoms with Crippen molar-refractivity contribution in [1.82, 2.24) is 5.32 Å². The maximum atomic E-state index is 11.6. The molecule has 0 aromatic heterocycles. The van der Waals surface area contributed by atoms with Gasteiger partial charge in [0.05, 0.1) is 5.57 Å². The molecule has 6 heteroatoms.